The van der Waals surface area contributed by atoms with E-state index in [1.54, 1.807) is 24.3 Å². The predicted molar refractivity (Wildman–Crippen MR) is 88.2 cm³/mol. The van der Waals surface area contributed by atoms with Crippen molar-refractivity contribution in [2.75, 3.05) is 5.32 Å². The van der Waals surface area contributed by atoms with Gasteiger partial charge in [0.2, 0.25) is 0 Å². The Morgan fingerprint density at radius 1 is 0.955 bits per heavy atom. The average Bonchev–Trinajstić information content (AvgIpc) is 2.48. The van der Waals surface area contributed by atoms with Gasteiger partial charge in [-0.1, -0.05) is 0 Å². The fourth-order valence-electron chi connectivity index (χ4n) is 1.74. The number of Topliss-reactive ketones (excluding diaryl/α,β-unsaturated/α-hetero) is 1. The minimum Gasteiger partial charge on any atom is -0.508 e. The molecule has 0 atom stereocenters. The molecule has 0 bridgehead atoms. The summed E-state index contributed by atoms with van der Waals surface area (Å²) < 4.78 is 0. The molecule has 0 radical (unpaired) electrons. The van der Waals surface area contributed by atoms with Crippen LogP contribution < -0.4 is 10.6 Å². The zero-order chi connectivity index (χ0) is 16.1. The molecule has 3 N–H and O–H groups in total. The number of rotatable bonds is 3. The van der Waals surface area contributed by atoms with Gasteiger partial charge in [-0.15, -0.1) is 0 Å². The quantitative estimate of drug-likeness (QED) is 0.600. The van der Waals surface area contributed by atoms with Gasteiger partial charge in [-0.3, -0.25) is 14.9 Å². The highest BCUT2D eigenvalue weighted by molar-refractivity contribution is 7.80. The molecule has 0 aliphatic heterocycles. The molecule has 0 unspecified atom stereocenters. The predicted octanol–water partition coefficient (Wildman–Crippen LogP) is 2.72. The van der Waals surface area contributed by atoms with E-state index >= 15 is 0 Å². The molecule has 22 heavy (non-hydrogen) atoms. The van der Waals surface area contributed by atoms with Gasteiger partial charge in [-0.2, -0.15) is 0 Å². The zero-order valence-corrected chi connectivity index (χ0v) is 12.6. The number of phenolic OH excluding ortho intramolecular Hbond substituents is 1. The first kappa shape index (κ1) is 15.7. The summed E-state index contributed by atoms with van der Waals surface area (Å²) in [6, 6.07) is 12.6. The molecule has 2 aromatic carbocycles. The van der Waals surface area contributed by atoms with Crippen LogP contribution in [0.1, 0.15) is 27.6 Å². The Morgan fingerprint density at radius 3 is 2.05 bits per heavy atom. The Labute approximate surface area is 133 Å². The first-order valence-corrected chi connectivity index (χ1v) is 6.89. The van der Waals surface area contributed by atoms with Gasteiger partial charge in [-0.05, 0) is 67.7 Å². The smallest absolute Gasteiger partial charge is 0.257 e. The number of hydrogen-bond donors (Lipinski definition) is 3. The first-order valence-electron chi connectivity index (χ1n) is 6.48. The number of benzene rings is 2. The van der Waals surface area contributed by atoms with Crippen molar-refractivity contribution in [3.05, 3.63) is 59.7 Å². The third-order valence-electron chi connectivity index (χ3n) is 2.91. The van der Waals surface area contributed by atoms with Crippen LogP contribution >= 0.6 is 12.2 Å². The molecule has 0 spiro atoms. The van der Waals surface area contributed by atoms with Crippen LogP contribution in [0, 0.1) is 0 Å². The van der Waals surface area contributed by atoms with E-state index in [4.69, 9.17) is 12.2 Å². The summed E-state index contributed by atoms with van der Waals surface area (Å²) >= 11 is 5.06. The summed E-state index contributed by atoms with van der Waals surface area (Å²) in [6.45, 7) is 1.49. The molecule has 0 aliphatic rings. The van der Waals surface area contributed by atoms with Crippen molar-refractivity contribution in [1.29, 1.82) is 0 Å². The Bertz CT molecular complexity index is 709. The number of aromatic hydroxyl groups is 1. The number of ketones is 1. The average molecular weight is 314 g/mol. The molecule has 2 rings (SSSR count). The normalized spacial score (nSPS) is 9.86. The molecule has 0 saturated carbocycles. The minimum absolute atomic E-state index is 0.0187. The van der Waals surface area contributed by atoms with Crippen molar-refractivity contribution in [3.63, 3.8) is 0 Å². The zero-order valence-electron chi connectivity index (χ0n) is 11.8. The number of thiocarbonyl (C=S) groups is 1. The molecule has 0 saturated heterocycles. The molecule has 5 nitrogen and oxygen atoms in total. The second kappa shape index (κ2) is 6.82. The van der Waals surface area contributed by atoms with Crippen molar-refractivity contribution < 1.29 is 14.7 Å². The lowest BCUT2D eigenvalue weighted by molar-refractivity contribution is 0.0976. The Kier molecular flexibility index (Phi) is 4.85. The number of carbonyl (C=O) groups is 2. The third-order valence-corrected chi connectivity index (χ3v) is 3.11. The second-order valence-corrected chi connectivity index (χ2v) is 5.00. The van der Waals surface area contributed by atoms with Gasteiger partial charge < -0.3 is 10.4 Å². The number of anilines is 1. The summed E-state index contributed by atoms with van der Waals surface area (Å²) in [5.74, 6) is -0.310. The van der Waals surface area contributed by atoms with E-state index in [1.807, 2.05) is 0 Å². The Balaban J connectivity index is 1.96. The van der Waals surface area contributed by atoms with Gasteiger partial charge in [0.25, 0.3) is 5.91 Å². The maximum atomic E-state index is 11.9. The summed E-state index contributed by atoms with van der Waals surface area (Å²) in [6.07, 6.45) is 0. The van der Waals surface area contributed by atoms with Gasteiger partial charge >= 0.3 is 0 Å². The van der Waals surface area contributed by atoms with Crippen molar-refractivity contribution in [2.24, 2.45) is 0 Å². The summed E-state index contributed by atoms with van der Waals surface area (Å²) in [4.78, 5) is 23.1. The van der Waals surface area contributed by atoms with Crippen LogP contribution in [-0.2, 0) is 0 Å². The number of hydrogen-bond acceptors (Lipinski definition) is 4. The van der Waals surface area contributed by atoms with E-state index in [0.29, 0.717) is 16.8 Å². The van der Waals surface area contributed by atoms with Crippen molar-refractivity contribution in [2.45, 2.75) is 6.92 Å². The van der Waals surface area contributed by atoms with Crippen molar-refractivity contribution in [1.82, 2.24) is 5.32 Å². The topological polar surface area (TPSA) is 78.4 Å². The summed E-state index contributed by atoms with van der Waals surface area (Å²) in [5.41, 5.74) is 1.65. The molecule has 6 heteroatoms. The number of amides is 1. The lowest BCUT2D eigenvalue weighted by Gasteiger charge is -2.10. The first-order chi connectivity index (χ1) is 10.5. The van der Waals surface area contributed by atoms with Crippen molar-refractivity contribution >= 4 is 34.7 Å². The van der Waals surface area contributed by atoms with Crippen LogP contribution in [0.2, 0.25) is 0 Å². The van der Waals surface area contributed by atoms with Crippen LogP contribution in [0.4, 0.5) is 5.69 Å². The molecule has 0 fully saturated rings. The fourth-order valence-corrected chi connectivity index (χ4v) is 1.95. The van der Waals surface area contributed by atoms with E-state index in [0.717, 1.165) is 0 Å². The maximum Gasteiger partial charge on any atom is 0.257 e. The van der Waals surface area contributed by atoms with Crippen LogP contribution in [0.5, 0.6) is 5.75 Å². The van der Waals surface area contributed by atoms with Crippen LogP contribution in [0.25, 0.3) is 0 Å². The van der Waals surface area contributed by atoms with Crippen molar-refractivity contribution in [3.8, 4) is 5.75 Å². The lowest BCUT2D eigenvalue weighted by Crippen LogP contribution is -2.34. The highest BCUT2D eigenvalue weighted by atomic mass is 32.1. The molecular weight excluding hydrogens is 300 g/mol. The van der Waals surface area contributed by atoms with Crippen LogP contribution in [0.15, 0.2) is 48.5 Å². The molecule has 0 aromatic heterocycles. The van der Waals surface area contributed by atoms with E-state index in [1.165, 1.54) is 31.2 Å². The lowest BCUT2D eigenvalue weighted by atomic mass is 10.1. The monoisotopic (exact) mass is 314 g/mol. The standard InChI is InChI=1S/C16H14N2O3S/c1-10(19)11-2-6-13(7-3-11)17-16(22)18-15(21)12-4-8-14(20)9-5-12/h2-9,20H,1H3,(H2,17,18,21,22). The van der Waals surface area contributed by atoms with Crippen LogP contribution in [-0.4, -0.2) is 21.9 Å². The molecule has 0 heterocycles. The number of nitrogens with one attached hydrogen (secondary N) is 2. The van der Waals surface area contributed by atoms with Crippen LogP contribution in [0.3, 0.4) is 0 Å². The number of carbonyl (C=O) groups excluding carboxylic acids is 2. The Morgan fingerprint density at radius 2 is 1.50 bits per heavy atom. The van der Waals surface area contributed by atoms with Gasteiger partial charge in [0.05, 0.1) is 0 Å². The molecule has 2 aromatic rings. The van der Waals surface area contributed by atoms with E-state index in [2.05, 4.69) is 10.6 Å². The second-order valence-electron chi connectivity index (χ2n) is 4.59. The summed E-state index contributed by atoms with van der Waals surface area (Å²) in [7, 11) is 0. The molecular formula is C16H14N2O3S. The number of phenols is 1. The highest BCUT2D eigenvalue weighted by Gasteiger charge is 2.08. The van der Waals surface area contributed by atoms with E-state index in [-0.39, 0.29) is 22.6 Å². The van der Waals surface area contributed by atoms with E-state index < -0.39 is 0 Å². The fraction of sp³-hybridized carbons (Fsp3) is 0.0625. The van der Waals surface area contributed by atoms with Gasteiger partial charge in [0.15, 0.2) is 10.9 Å². The molecule has 1 amide bonds. The minimum atomic E-state index is -0.377. The van der Waals surface area contributed by atoms with Gasteiger partial charge in [0, 0.05) is 16.8 Å². The van der Waals surface area contributed by atoms with Gasteiger partial charge in [0.1, 0.15) is 5.75 Å². The molecule has 0 aliphatic carbocycles. The van der Waals surface area contributed by atoms with Gasteiger partial charge in [-0.25, -0.2) is 0 Å². The Hall–Kier alpha value is -2.73. The van der Waals surface area contributed by atoms with E-state index in [9.17, 15) is 14.7 Å². The molecule has 112 valence electrons. The maximum absolute atomic E-state index is 11.9. The third kappa shape index (κ3) is 4.13. The SMILES string of the molecule is CC(=O)c1ccc(NC(=S)NC(=O)c2ccc(O)cc2)cc1. The highest BCUT2D eigenvalue weighted by Crippen LogP contribution is 2.11. The summed E-state index contributed by atoms with van der Waals surface area (Å²) in [5, 5.41) is 14.7. The largest absolute Gasteiger partial charge is 0.508 e.